The number of carboxylic acids is 1. The molecule has 2 aliphatic heterocycles. The second kappa shape index (κ2) is 6.21. The molecule has 4 N–H and O–H groups in total. The minimum absolute atomic E-state index is 0.254. The van der Waals surface area contributed by atoms with Gasteiger partial charge in [0.05, 0.1) is 18.3 Å². The molecule has 2 atom stereocenters. The molecule has 138 valence electrons. The minimum atomic E-state index is -1.28. The van der Waals surface area contributed by atoms with Crippen molar-refractivity contribution in [3.8, 4) is 0 Å². The first-order chi connectivity index (χ1) is 12.2. The Morgan fingerprint density at radius 2 is 2.08 bits per heavy atom. The van der Waals surface area contributed by atoms with Crippen molar-refractivity contribution in [1.82, 2.24) is 10.2 Å². The van der Waals surface area contributed by atoms with Gasteiger partial charge >= 0.3 is 5.97 Å². The Balaban J connectivity index is 1.98. The number of nitrogens with two attached hydrogens (primary N) is 1. The largest absolute Gasteiger partial charge is 0.481 e. The van der Waals surface area contributed by atoms with Crippen molar-refractivity contribution in [3.05, 3.63) is 47.9 Å². The zero-order chi connectivity index (χ0) is 19.0. The van der Waals surface area contributed by atoms with E-state index in [4.69, 9.17) is 5.73 Å². The van der Waals surface area contributed by atoms with Crippen LogP contribution in [0.15, 0.2) is 46.5 Å². The summed E-state index contributed by atoms with van der Waals surface area (Å²) in [5.41, 5.74) is 5.24. The van der Waals surface area contributed by atoms with Crippen molar-refractivity contribution in [2.75, 3.05) is 13.1 Å². The maximum atomic E-state index is 13.4. The highest BCUT2D eigenvalue weighted by Crippen LogP contribution is 2.40. The smallest absolute Gasteiger partial charge is 0.310 e. The lowest BCUT2D eigenvalue weighted by Gasteiger charge is -2.43. The van der Waals surface area contributed by atoms with Crippen LogP contribution in [0.1, 0.15) is 19.4 Å². The van der Waals surface area contributed by atoms with Crippen LogP contribution in [-0.4, -0.2) is 47.4 Å². The van der Waals surface area contributed by atoms with Crippen LogP contribution in [0.4, 0.5) is 4.39 Å². The van der Waals surface area contributed by atoms with E-state index in [1.165, 1.54) is 12.1 Å². The number of aliphatic imine (C=N–C) groups is 2. The van der Waals surface area contributed by atoms with Crippen molar-refractivity contribution in [3.63, 3.8) is 0 Å². The van der Waals surface area contributed by atoms with Crippen molar-refractivity contribution in [2.24, 2.45) is 21.1 Å². The van der Waals surface area contributed by atoms with Crippen molar-refractivity contribution < 1.29 is 14.3 Å². The van der Waals surface area contributed by atoms with Gasteiger partial charge in [0.15, 0.2) is 5.54 Å². The van der Waals surface area contributed by atoms with Crippen LogP contribution in [0.2, 0.25) is 0 Å². The van der Waals surface area contributed by atoms with Gasteiger partial charge in [0.2, 0.25) is 5.79 Å². The first kappa shape index (κ1) is 18.1. The lowest BCUT2D eigenvalue weighted by atomic mass is 9.82. The number of allylic oxidation sites excluding steroid dienone is 1. The summed E-state index contributed by atoms with van der Waals surface area (Å²) in [7, 11) is 0. The summed E-state index contributed by atoms with van der Waals surface area (Å²) in [4.78, 5) is 22.3. The van der Waals surface area contributed by atoms with Crippen molar-refractivity contribution >= 4 is 18.5 Å². The van der Waals surface area contributed by atoms with Crippen LogP contribution in [-0.2, 0) is 10.3 Å². The molecule has 26 heavy (non-hydrogen) atoms. The molecule has 0 radical (unpaired) electrons. The van der Waals surface area contributed by atoms with Gasteiger partial charge in [0, 0.05) is 19.0 Å². The van der Waals surface area contributed by atoms with E-state index in [9.17, 15) is 14.3 Å². The predicted octanol–water partition coefficient (Wildman–Crippen LogP) is 1.28. The average Bonchev–Trinajstić information content (AvgIpc) is 3.01. The topological polar surface area (TPSA) is 103 Å². The number of nitrogens with one attached hydrogen (secondary N) is 1. The Kier molecular flexibility index (Phi) is 4.31. The highest BCUT2D eigenvalue weighted by atomic mass is 19.1. The molecular weight excluding hydrogens is 337 g/mol. The number of nitrogens with zero attached hydrogens (tertiary/aromatic N) is 3. The summed E-state index contributed by atoms with van der Waals surface area (Å²) >= 11 is 0. The summed E-state index contributed by atoms with van der Waals surface area (Å²) in [5.74, 6) is -2.54. The van der Waals surface area contributed by atoms with E-state index in [0.29, 0.717) is 12.1 Å². The van der Waals surface area contributed by atoms with E-state index in [-0.39, 0.29) is 12.4 Å². The summed E-state index contributed by atoms with van der Waals surface area (Å²) in [5, 5.41) is 12.4. The van der Waals surface area contributed by atoms with Crippen LogP contribution >= 0.6 is 0 Å². The molecule has 8 heteroatoms. The fourth-order valence-electron chi connectivity index (χ4n) is 3.20. The zero-order valence-corrected chi connectivity index (χ0v) is 14.7. The molecule has 0 saturated carbocycles. The summed E-state index contributed by atoms with van der Waals surface area (Å²) < 4.78 is 13.4. The number of benzene rings is 1. The quantitative estimate of drug-likeness (QED) is 0.735. The van der Waals surface area contributed by atoms with E-state index in [0.717, 1.165) is 0 Å². The molecule has 3 rings (SSSR count). The molecule has 0 spiro atoms. The average molecular weight is 359 g/mol. The van der Waals surface area contributed by atoms with Gasteiger partial charge in [-0.25, -0.2) is 9.38 Å². The fraction of sp³-hybridized carbons (Fsp3) is 0.389. The van der Waals surface area contributed by atoms with Crippen LogP contribution in [0.5, 0.6) is 0 Å². The van der Waals surface area contributed by atoms with Crippen LogP contribution in [0.3, 0.4) is 0 Å². The van der Waals surface area contributed by atoms with E-state index >= 15 is 0 Å². The number of halogens is 1. The Bertz CT molecular complexity index is 789. The monoisotopic (exact) mass is 359 g/mol. The highest BCUT2D eigenvalue weighted by Gasteiger charge is 2.54. The summed E-state index contributed by atoms with van der Waals surface area (Å²) in [6.45, 7) is 3.87. The molecule has 0 aliphatic carbocycles. The predicted molar refractivity (Wildman–Crippen MR) is 97.2 cm³/mol. The van der Waals surface area contributed by atoms with Gasteiger partial charge in [-0.1, -0.05) is 12.1 Å². The normalized spacial score (nSPS) is 27.6. The fourth-order valence-corrected chi connectivity index (χ4v) is 3.20. The number of rotatable bonds is 5. The second-order valence-corrected chi connectivity index (χ2v) is 7.25. The molecule has 7 nitrogen and oxygen atoms in total. The van der Waals surface area contributed by atoms with Crippen molar-refractivity contribution in [2.45, 2.75) is 25.2 Å². The molecule has 2 heterocycles. The zero-order valence-electron chi connectivity index (χ0n) is 14.7. The molecule has 2 unspecified atom stereocenters. The van der Waals surface area contributed by atoms with Crippen LogP contribution < -0.4 is 11.1 Å². The Morgan fingerprint density at radius 1 is 1.38 bits per heavy atom. The third-order valence-electron chi connectivity index (χ3n) is 4.77. The highest BCUT2D eigenvalue weighted by molar-refractivity contribution is 5.75. The maximum Gasteiger partial charge on any atom is 0.310 e. The molecule has 0 amide bonds. The van der Waals surface area contributed by atoms with Gasteiger partial charge in [-0.2, -0.15) is 0 Å². The Morgan fingerprint density at radius 3 is 2.65 bits per heavy atom. The van der Waals surface area contributed by atoms with Gasteiger partial charge in [-0.3, -0.25) is 15.5 Å². The van der Waals surface area contributed by atoms with E-state index in [2.05, 4.69) is 15.3 Å². The molecule has 0 bridgehead atoms. The number of carboxylic acid groups (broad SMARTS) is 1. The molecule has 0 saturated heterocycles. The lowest BCUT2D eigenvalue weighted by molar-refractivity contribution is -0.147. The van der Waals surface area contributed by atoms with Gasteiger partial charge in [-0.15, -0.1) is 0 Å². The Labute approximate surface area is 151 Å². The minimum Gasteiger partial charge on any atom is -0.481 e. The van der Waals surface area contributed by atoms with Gasteiger partial charge in [0.1, 0.15) is 5.82 Å². The molecular formula is C18H22FN5O2. The third-order valence-corrected chi connectivity index (χ3v) is 4.77. The molecule has 0 fully saturated rings. The molecule has 2 aliphatic rings. The second-order valence-electron chi connectivity index (χ2n) is 7.25. The lowest BCUT2D eigenvalue weighted by Crippen LogP contribution is -2.66. The third kappa shape index (κ3) is 2.96. The van der Waals surface area contributed by atoms with Crippen molar-refractivity contribution in [1.29, 1.82) is 0 Å². The SMILES string of the molecule is CC(C)(CN1C=NC(c2ccc(F)cc2)(C2(N)N=CC=CN2)C1)C(=O)O. The van der Waals surface area contributed by atoms with E-state index in [1.807, 2.05) is 4.90 Å². The number of hydrogen-bond donors (Lipinski definition) is 3. The van der Waals surface area contributed by atoms with Gasteiger partial charge < -0.3 is 15.3 Å². The molecule has 1 aromatic carbocycles. The van der Waals surface area contributed by atoms with Crippen LogP contribution in [0, 0.1) is 11.2 Å². The summed E-state index contributed by atoms with van der Waals surface area (Å²) in [6, 6.07) is 5.95. The van der Waals surface area contributed by atoms with Crippen LogP contribution in [0.25, 0.3) is 0 Å². The maximum absolute atomic E-state index is 13.4. The van der Waals surface area contributed by atoms with E-state index in [1.54, 1.807) is 50.8 Å². The number of hydrogen-bond acceptors (Lipinski definition) is 6. The van der Waals surface area contributed by atoms with E-state index < -0.39 is 22.7 Å². The van der Waals surface area contributed by atoms with Gasteiger partial charge in [0.25, 0.3) is 0 Å². The first-order valence-electron chi connectivity index (χ1n) is 8.24. The van der Waals surface area contributed by atoms with Gasteiger partial charge in [-0.05, 0) is 37.6 Å². The first-order valence-corrected chi connectivity index (χ1v) is 8.24. The standard InChI is InChI=1S/C18H22FN5O2/c1-16(2,15(25)26)10-24-11-17(23-12-24,13-4-6-14(19)7-5-13)18(20)21-8-3-9-22-18/h3-9,12,21H,10-11,20H2,1-2H3,(H,25,26). The number of carbonyl (C=O) groups is 1. The molecule has 1 aromatic rings. The Hall–Kier alpha value is -2.74. The summed E-state index contributed by atoms with van der Waals surface area (Å²) in [6.07, 6.45) is 6.57. The number of aliphatic carboxylic acids is 1. The molecule has 0 aromatic heterocycles.